The van der Waals surface area contributed by atoms with Gasteiger partial charge in [-0.25, -0.2) is 8.42 Å². The second-order valence-corrected chi connectivity index (χ2v) is 9.65. The summed E-state index contributed by atoms with van der Waals surface area (Å²) < 4.78 is 36.0. The molecule has 0 aliphatic rings. The maximum Gasteiger partial charge on any atom is 0.293 e. The van der Waals surface area contributed by atoms with E-state index >= 15 is 0 Å². The van der Waals surface area contributed by atoms with Gasteiger partial charge in [-0.2, -0.15) is 16.3 Å². The van der Waals surface area contributed by atoms with Crippen LogP contribution in [0.5, 0.6) is 5.75 Å². The Kier molecular flexibility index (Phi) is 5.36. The zero-order valence-corrected chi connectivity index (χ0v) is 18.1. The van der Waals surface area contributed by atoms with E-state index < -0.39 is 9.84 Å². The van der Waals surface area contributed by atoms with Crippen molar-refractivity contribution in [3.63, 3.8) is 0 Å². The molecule has 0 aliphatic carbocycles. The summed E-state index contributed by atoms with van der Waals surface area (Å²) in [4.78, 5) is 4.54. The van der Waals surface area contributed by atoms with Crippen molar-refractivity contribution in [2.45, 2.75) is 11.8 Å². The fraction of sp³-hybridized carbons (Fsp3) is 0.136. The summed E-state index contributed by atoms with van der Waals surface area (Å²) in [6.07, 6.45) is 0. The molecule has 0 amide bonds. The standard InChI is InChI=1S/C22H20N2O4S2/c1-3-30(25,26)17-7-8-19(27-2)18(12-17)20-21(28-22(23)24-20)15-6-4-5-14(11-15)16-9-10-29-13-16/h4-13H,3H2,1-2H3,(H2,23,24). The topological polar surface area (TPSA) is 95.4 Å². The van der Waals surface area contributed by atoms with Crippen molar-refractivity contribution in [1.82, 2.24) is 4.98 Å². The zero-order chi connectivity index (χ0) is 21.3. The summed E-state index contributed by atoms with van der Waals surface area (Å²) in [7, 11) is -1.88. The predicted octanol–water partition coefficient (Wildman–Crippen LogP) is 5.12. The molecule has 154 valence electrons. The minimum absolute atomic E-state index is 0.00470. The number of rotatable bonds is 6. The van der Waals surface area contributed by atoms with Gasteiger partial charge < -0.3 is 14.9 Å². The summed E-state index contributed by atoms with van der Waals surface area (Å²) in [5.74, 6) is 0.928. The summed E-state index contributed by atoms with van der Waals surface area (Å²) >= 11 is 1.62. The fourth-order valence-electron chi connectivity index (χ4n) is 3.22. The third-order valence-electron chi connectivity index (χ3n) is 4.79. The van der Waals surface area contributed by atoms with E-state index in [0.717, 1.165) is 16.7 Å². The number of hydrogen-bond donors (Lipinski definition) is 1. The van der Waals surface area contributed by atoms with E-state index in [1.54, 1.807) is 30.4 Å². The van der Waals surface area contributed by atoms with Crippen molar-refractivity contribution in [2.75, 3.05) is 18.6 Å². The number of anilines is 1. The third kappa shape index (κ3) is 3.71. The Morgan fingerprint density at radius 3 is 2.60 bits per heavy atom. The molecular formula is C22H20N2O4S2. The molecular weight excluding hydrogens is 420 g/mol. The molecule has 2 aromatic heterocycles. The largest absolute Gasteiger partial charge is 0.496 e. The van der Waals surface area contributed by atoms with Crippen molar-refractivity contribution in [3.05, 3.63) is 59.3 Å². The molecule has 2 heterocycles. The van der Waals surface area contributed by atoms with Crippen LogP contribution in [0.2, 0.25) is 0 Å². The van der Waals surface area contributed by atoms with Crippen molar-refractivity contribution in [3.8, 4) is 39.5 Å². The minimum atomic E-state index is -3.40. The SMILES string of the molecule is CCS(=O)(=O)c1ccc(OC)c(-c2nc(N)oc2-c2cccc(-c3ccsc3)c2)c1. The third-order valence-corrected chi connectivity index (χ3v) is 7.20. The molecule has 0 spiro atoms. The van der Waals surface area contributed by atoms with E-state index in [1.807, 2.05) is 35.7 Å². The van der Waals surface area contributed by atoms with E-state index in [2.05, 4.69) is 10.4 Å². The minimum Gasteiger partial charge on any atom is -0.496 e. The summed E-state index contributed by atoms with van der Waals surface area (Å²) in [6.45, 7) is 1.61. The number of hydrogen-bond acceptors (Lipinski definition) is 7. The average Bonchev–Trinajstić information content (AvgIpc) is 3.43. The van der Waals surface area contributed by atoms with E-state index in [4.69, 9.17) is 14.9 Å². The zero-order valence-electron chi connectivity index (χ0n) is 16.5. The smallest absolute Gasteiger partial charge is 0.293 e. The Labute approximate surface area is 178 Å². The monoisotopic (exact) mass is 440 g/mol. The van der Waals surface area contributed by atoms with Crippen LogP contribution in [-0.2, 0) is 9.84 Å². The highest BCUT2D eigenvalue weighted by Gasteiger charge is 2.22. The molecule has 0 bridgehead atoms. The summed E-state index contributed by atoms with van der Waals surface area (Å²) in [5.41, 5.74) is 9.74. The first kappa shape index (κ1) is 20.2. The highest BCUT2D eigenvalue weighted by molar-refractivity contribution is 7.91. The number of benzene rings is 2. The van der Waals surface area contributed by atoms with Gasteiger partial charge in [0.1, 0.15) is 11.4 Å². The Morgan fingerprint density at radius 1 is 1.10 bits per heavy atom. The number of ether oxygens (including phenoxy) is 1. The molecule has 0 atom stereocenters. The number of methoxy groups -OCH3 is 1. The van der Waals surface area contributed by atoms with Gasteiger partial charge in [-0.3, -0.25) is 0 Å². The second kappa shape index (κ2) is 7.97. The average molecular weight is 441 g/mol. The molecule has 2 N–H and O–H groups in total. The number of nitrogens with zero attached hydrogens (tertiary/aromatic N) is 1. The lowest BCUT2D eigenvalue weighted by Crippen LogP contribution is -2.04. The van der Waals surface area contributed by atoms with Crippen LogP contribution >= 0.6 is 11.3 Å². The van der Waals surface area contributed by atoms with Crippen molar-refractivity contribution in [1.29, 1.82) is 0 Å². The maximum absolute atomic E-state index is 12.4. The highest BCUT2D eigenvalue weighted by Crippen LogP contribution is 2.40. The normalized spacial score (nSPS) is 11.5. The Bertz CT molecular complexity index is 1290. The van der Waals surface area contributed by atoms with Crippen molar-refractivity contribution >= 4 is 27.2 Å². The maximum atomic E-state index is 12.4. The van der Waals surface area contributed by atoms with E-state index in [-0.39, 0.29) is 16.7 Å². The molecule has 30 heavy (non-hydrogen) atoms. The summed E-state index contributed by atoms with van der Waals surface area (Å²) in [5, 5.41) is 4.08. The van der Waals surface area contributed by atoms with Gasteiger partial charge in [-0.15, -0.1) is 0 Å². The van der Waals surface area contributed by atoms with Gasteiger partial charge in [-0.05, 0) is 52.2 Å². The Balaban J connectivity index is 1.90. The summed E-state index contributed by atoms with van der Waals surface area (Å²) in [6, 6.07) is 14.6. The van der Waals surface area contributed by atoms with Gasteiger partial charge in [-0.1, -0.05) is 25.1 Å². The molecule has 0 saturated carbocycles. The highest BCUT2D eigenvalue weighted by atomic mass is 32.2. The van der Waals surface area contributed by atoms with Gasteiger partial charge in [0, 0.05) is 11.1 Å². The second-order valence-electron chi connectivity index (χ2n) is 6.59. The molecule has 0 radical (unpaired) electrons. The van der Waals surface area contributed by atoms with E-state index in [1.165, 1.54) is 13.2 Å². The molecule has 2 aromatic carbocycles. The first-order valence-electron chi connectivity index (χ1n) is 9.23. The van der Waals surface area contributed by atoms with Crippen LogP contribution in [0.15, 0.2) is 68.6 Å². The first-order chi connectivity index (χ1) is 14.4. The number of oxazole rings is 1. The molecule has 0 fully saturated rings. The van der Waals surface area contributed by atoms with Crippen LogP contribution in [0.1, 0.15) is 6.92 Å². The molecule has 8 heteroatoms. The fourth-order valence-corrected chi connectivity index (χ4v) is 4.79. The van der Waals surface area contributed by atoms with Crippen LogP contribution in [0.25, 0.3) is 33.7 Å². The lowest BCUT2D eigenvalue weighted by atomic mass is 10.0. The number of nitrogens with two attached hydrogens (primary N) is 1. The Hall–Kier alpha value is -3.10. The molecule has 0 unspecified atom stereocenters. The van der Waals surface area contributed by atoms with Crippen molar-refractivity contribution < 1.29 is 17.6 Å². The number of nitrogen functional groups attached to an aromatic ring is 1. The van der Waals surface area contributed by atoms with Gasteiger partial charge in [0.05, 0.1) is 17.8 Å². The lowest BCUT2D eigenvalue weighted by Gasteiger charge is -2.10. The molecule has 0 saturated heterocycles. The Morgan fingerprint density at radius 2 is 1.90 bits per heavy atom. The quantitative estimate of drug-likeness (QED) is 0.447. The molecule has 4 rings (SSSR count). The molecule has 6 nitrogen and oxygen atoms in total. The first-order valence-corrected chi connectivity index (χ1v) is 11.8. The van der Waals surface area contributed by atoms with Gasteiger partial charge in [0.25, 0.3) is 6.01 Å². The van der Waals surface area contributed by atoms with Crippen molar-refractivity contribution in [2.24, 2.45) is 0 Å². The van der Waals surface area contributed by atoms with Crippen LogP contribution in [0, 0.1) is 0 Å². The number of aromatic nitrogens is 1. The van der Waals surface area contributed by atoms with Crippen LogP contribution < -0.4 is 10.5 Å². The predicted molar refractivity (Wildman–Crippen MR) is 119 cm³/mol. The van der Waals surface area contributed by atoms with Crippen LogP contribution in [0.4, 0.5) is 6.01 Å². The number of thiophene rings is 1. The van der Waals surface area contributed by atoms with Gasteiger partial charge >= 0.3 is 0 Å². The van der Waals surface area contributed by atoms with Gasteiger partial charge in [0.15, 0.2) is 15.6 Å². The van der Waals surface area contributed by atoms with E-state index in [9.17, 15) is 8.42 Å². The van der Waals surface area contributed by atoms with Gasteiger partial charge in [0.2, 0.25) is 0 Å². The lowest BCUT2D eigenvalue weighted by molar-refractivity contribution is 0.416. The molecule has 4 aromatic rings. The van der Waals surface area contributed by atoms with E-state index in [0.29, 0.717) is 22.8 Å². The number of sulfone groups is 1. The molecule has 0 aliphatic heterocycles. The van der Waals surface area contributed by atoms with Crippen LogP contribution in [0.3, 0.4) is 0 Å². The van der Waals surface area contributed by atoms with Crippen LogP contribution in [-0.4, -0.2) is 26.3 Å².